The van der Waals surface area contributed by atoms with Gasteiger partial charge in [0.15, 0.2) is 0 Å². The standard InChI is InChI=1S/C20H12F2O4/c21-13-5-1-11(2-6-13)15-9-10-16(19(23)24)17(18(15)20(25)26)12-3-7-14(22)8-4-12/h1-10H,(H,23,24)(H,25,26). The summed E-state index contributed by atoms with van der Waals surface area (Å²) >= 11 is 0. The van der Waals surface area contributed by atoms with E-state index in [1.807, 2.05) is 0 Å². The lowest BCUT2D eigenvalue weighted by Crippen LogP contribution is -2.09. The van der Waals surface area contributed by atoms with Gasteiger partial charge in [-0.3, -0.25) is 0 Å². The van der Waals surface area contributed by atoms with E-state index >= 15 is 0 Å². The topological polar surface area (TPSA) is 74.6 Å². The van der Waals surface area contributed by atoms with Crippen LogP contribution in [0.25, 0.3) is 22.3 Å². The van der Waals surface area contributed by atoms with Crippen LogP contribution in [0.15, 0.2) is 60.7 Å². The summed E-state index contributed by atoms with van der Waals surface area (Å²) in [6.07, 6.45) is 0. The highest BCUT2D eigenvalue weighted by Gasteiger charge is 2.24. The molecule has 2 N–H and O–H groups in total. The molecule has 3 aromatic carbocycles. The summed E-state index contributed by atoms with van der Waals surface area (Å²) < 4.78 is 26.4. The van der Waals surface area contributed by atoms with Crippen molar-refractivity contribution in [2.45, 2.75) is 0 Å². The highest BCUT2D eigenvalue weighted by molar-refractivity contribution is 6.09. The second-order valence-electron chi connectivity index (χ2n) is 5.53. The average molecular weight is 354 g/mol. The molecule has 4 nitrogen and oxygen atoms in total. The second-order valence-corrected chi connectivity index (χ2v) is 5.53. The number of carboxylic acids is 2. The maximum absolute atomic E-state index is 13.2. The number of benzene rings is 3. The molecule has 0 fully saturated rings. The number of hydrogen-bond acceptors (Lipinski definition) is 2. The Hall–Kier alpha value is -3.54. The molecule has 0 unspecified atom stereocenters. The van der Waals surface area contributed by atoms with Crippen LogP contribution < -0.4 is 0 Å². The van der Waals surface area contributed by atoms with Crippen molar-refractivity contribution in [2.24, 2.45) is 0 Å². The highest BCUT2D eigenvalue weighted by atomic mass is 19.1. The molecule has 0 saturated carbocycles. The monoisotopic (exact) mass is 354 g/mol. The fourth-order valence-electron chi connectivity index (χ4n) is 2.79. The van der Waals surface area contributed by atoms with E-state index < -0.39 is 23.6 Å². The zero-order valence-electron chi connectivity index (χ0n) is 13.2. The van der Waals surface area contributed by atoms with Gasteiger partial charge in [-0.2, -0.15) is 0 Å². The smallest absolute Gasteiger partial charge is 0.336 e. The Morgan fingerprint density at radius 3 is 1.62 bits per heavy atom. The number of aromatic carboxylic acids is 2. The second kappa shape index (κ2) is 6.76. The summed E-state index contributed by atoms with van der Waals surface area (Å²) in [6, 6.07) is 12.7. The Labute approximate surface area is 147 Å². The third kappa shape index (κ3) is 3.17. The SMILES string of the molecule is O=C(O)c1ccc(-c2ccc(F)cc2)c(C(=O)O)c1-c1ccc(F)cc1. The molecule has 0 aliphatic carbocycles. The third-order valence-corrected chi connectivity index (χ3v) is 3.94. The van der Waals surface area contributed by atoms with Gasteiger partial charge >= 0.3 is 11.9 Å². The molecule has 0 bridgehead atoms. The van der Waals surface area contributed by atoms with Gasteiger partial charge in [-0.05, 0) is 47.0 Å². The van der Waals surface area contributed by atoms with Crippen LogP contribution in [0.2, 0.25) is 0 Å². The average Bonchev–Trinajstić information content (AvgIpc) is 2.61. The summed E-state index contributed by atoms with van der Waals surface area (Å²) in [4.78, 5) is 23.6. The summed E-state index contributed by atoms with van der Waals surface area (Å²) in [5.74, 6) is -3.66. The maximum Gasteiger partial charge on any atom is 0.336 e. The third-order valence-electron chi connectivity index (χ3n) is 3.94. The van der Waals surface area contributed by atoms with Crippen LogP contribution in [0.3, 0.4) is 0 Å². The fourth-order valence-corrected chi connectivity index (χ4v) is 2.79. The van der Waals surface area contributed by atoms with Crippen molar-refractivity contribution < 1.29 is 28.6 Å². The van der Waals surface area contributed by atoms with Gasteiger partial charge in [0.25, 0.3) is 0 Å². The van der Waals surface area contributed by atoms with Crippen LogP contribution in [-0.2, 0) is 0 Å². The van der Waals surface area contributed by atoms with Gasteiger partial charge in [-0.1, -0.05) is 30.3 Å². The number of halogens is 2. The lowest BCUT2D eigenvalue weighted by molar-refractivity contribution is 0.0696. The lowest BCUT2D eigenvalue weighted by atomic mass is 9.88. The Bertz CT molecular complexity index is 994. The summed E-state index contributed by atoms with van der Waals surface area (Å²) in [5.41, 5.74) is 0.408. The normalized spacial score (nSPS) is 10.5. The van der Waals surface area contributed by atoms with Crippen molar-refractivity contribution in [3.8, 4) is 22.3 Å². The molecule has 0 aliphatic heterocycles. The van der Waals surface area contributed by atoms with Crippen LogP contribution in [0, 0.1) is 11.6 Å². The zero-order valence-corrected chi connectivity index (χ0v) is 13.2. The molecule has 0 radical (unpaired) electrons. The van der Waals surface area contributed by atoms with Crippen LogP contribution in [0.4, 0.5) is 8.78 Å². The van der Waals surface area contributed by atoms with Crippen LogP contribution >= 0.6 is 0 Å². The molecular weight excluding hydrogens is 342 g/mol. The molecule has 0 saturated heterocycles. The summed E-state index contributed by atoms with van der Waals surface area (Å²) in [6.45, 7) is 0. The number of rotatable bonds is 4. The first-order valence-electron chi connectivity index (χ1n) is 7.54. The molecule has 3 rings (SSSR count). The quantitative estimate of drug-likeness (QED) is 0.712. The first kappa shape index (κ1) is 17.3. The lowest BCUT2D eigenvalue weighted by Gasteiger charge is -2.15. The molecule has 0 aromatic heterocycles. The van der Waals surface area contributed by atoms with Gasteiger partial charge in [0.1, 0.15) is 11.6 Å². The number of hydrogen-bond donors (Lipinski definition) is 2. The Morgan fingerprint density at radius 1 is 0.654 bits per heavy atom. The fraction of sp³-hybridized carbons (Fsp3) is 0. The van der Waals surface area contributed by atoms with Crippen molar-refractivity contribution in [3.63, 3.8) is 0 Å². The highest BCUT2D eigenvalue weighted by Crippen LogP contribution is 2.35. The predicted octanol–water partition coefficient (Wildman–Crippen LogP) is 4.70. The van der Waals surface area contributed by atoms with Crippen molar-refractivity contribution in [1.82, 2.24) is 0 Å². The Kier molecular flexibility index (Phi) is 4.49. The minimum atomic E-state index is -1.34. The van der Waals surface area contributed by atoms with Gasteiger partial charge in [-0.15, -0.1) is 0 Å². The summed E-state index contributed by atoms with van der Waals surface area (Å²) in [7, 11) is 0. The summed E-state index contributed by atoms with van der Waals surface area (Å²) in [5, 5.41) is 19.2. The largest absolute Gasteiger partial charge is 0.478 e. The molecule has 0 heterocycles. The molecular formula is C20H12F2O4. The first-order valence-corrected chi connectivity index (χ1v) is 7.54. The van der Waals surface area contributed by atoms with Crippen LogP contribution in [-0.4, -0.2) is 22.2 Å². The van der Waals surface area contributed by atoms with Crippen LogP contribution in [0.1, 0.15) is 20.7 Å². The minimum Gasteiger partial charge on any atom is -0.478 e. The van der Waals surface area contributed by atoms with E-state index in [4.69, 9.17) is 0 Å². The van der Waals surface area contributed by atoms with Crippen molar-refractivity contribution >= 4 is 11.9 Å². The molecule has 26 heavy (non-hydrogen) atoms. The van der Waals surface area contributed by atoms with Gasteiger partial charge in [-0.25, -0.2) is 18.4 Å². The Balaban J connectivity index is 2.36. The predicted molar refractivity (Wildman–Crippen MR) is 91.1 cm³/mol. The van der Waals surface area contributed by atoms with E-state index in [9.17, 15) is 28.6 Å². The molecule has 6 heteroatoms. The van der Waals surface area contributed by atoms with E-state index in [1.165, 1.54) is 48.5 Å². The minimum absolute atomic E-state index is 0.0353. The van der Waals surface area contributed by atoms with E-state index in [2.05, 4.69) is 0 Å². The van der Waals surface area contributed by atoms with Gasteiger partial charge in [0.2, 0.25) is 0 Å². The number of carbonyl (C=O) groups is 2. The van der Waals surface area contributed by atoms with Gasteiger partial charge in [0, 0.05) is 5.56 Å². The van der Waals surface area contributed by atoms with Crippen LogP contribution in [0.5, 0.6) is 0 Å². The van der Waals surface area contributed by atoms with Gasteiger partial charge in [0.05, 0.1) is 11.1 Å². The van der Waals surface area contributed by atoms with Crippen molar-refractivity contribution in [1.29, 1.82) is 0 Å². The molecule has 0 amide bonds. The van der Waals surface area contributed by atoms with E-state index in [-0.39, 0.29) is 27.8 Å². The van der Waals surface area contributed by atoms with Crippen molar-refractivity contribution in [2.75, 3.05) is 0 Å². The zero-order chi connectivity index (χ0) is 18.8. The molecule has 0 aliphatic rings. The Morgan fingerprint density at radius 2 is 1.15 bits per heavy atom. The molecule has 3 aromatic rings. The van der Waals surface area contributed by atoms with Crippen molar-refractivity contribution in [3.05, 3.63) is 83.4 Å². The first-order chi connectivity index (χ1) is 12.4. The molecule has 130 valence electrons. The molecule has 0 spiro atoms. The molecule has 0 atom stereocenters. The number of carboxylic acid groups (broad SMARTS) is 2. The van der Waals surface area contributed by atoms with E-state index in [0.29, 0.717) is 5.56 Å². The maximum atomic E-state index is 13.2. The van der Waals surface area contributed by atoms with Gasteiger partial charge < -0.3 is 10.2 Å². The van der Waals surface area contributed by atoms with E-state index in [0.717, 1.165) is 12.1 Å². The van der Waals surface area contributed by atoms with E-state index in [1.54, 1.807) is 0 Å².